The quantitative estimate of drug-likeness (QED) is 0.379. The molecule has 0 fully saturated rings. The highest BCUT2D eigenvalue weighted by Gasteiger charge is 1.81. The van der Waals surface area contributed by atoms with Crippen molar-refractivity contribution in [2.75, 3.05) is 0 Å². The van der Waals surface area contributed by atoms with E-state index in [9.17, 15) is 0 Å². The van der Waals surface area contributed by atoms with Crippen molar-refractivity contribution in [1.29, 1.82) is 0 Å². The number of rotatable bonds is 5. The summed E-state index contributed by atoms with van der Waals surface area (Å²) < 4.78 is 7.02. The lowest BCUT2D eigenvalue weighted by Gasteiger charge is -1.91. The molecule has 0 aromatic rings. The summed E-state index contributed by atoms with van der Waals surface area (Å²) in [4.78, 5) is 0. The monoisotopic (exact) mass is 113 g/mol. The lowest BCUT2D eigenvalue weighted by atomic mass is 10.2. The Bertz CT molecular complexity index is 76.6. The second kappa shape index (κ2) is 6.74. The summed E-state index contributed by atoms with van der Waals surface area (Å²) >= 11 is 0. The van der Waals surface area contributed by atoms with E-state index in [2.05, 4.69) is 13.5 Å². The second-order valence-electron chi connectivity index (χ2n) is 2.06. The maximum atomic E-state index is 7.02. The van der Waals surface area contributed by atoms with E-state index in [1.54, 1.807) is 0 Å². The molecule has 0 radical (unpaired) electrons. The van der Waals surface area contributed by atoms with E-state index in [0.29, 0.717) is 6.05 Å². The molecule has 0 aliphatic rings. The zero-order valence-corrected chi connectivity index (χ0v) is 5.74. The highest BCUT2D eigenvalue weighted by Crippen LogP contribution is 2.01. The molecule has 0 saturated heterocycles. The predicted molar refractivity (Wildman–Crippen MR) is 39.0 cm³/mol. The number of hydrogen-bond acceptors (Lipinski definition) is 0. The highest BCUT2D eigenvalue weighted by atomic mass is 13.9. The molecule has 0 atom stereocenters. The van der Waals surface area contributed by atoms with E-state index >= 15 is 0 Å². The fourth-order valence-corrected chi connectivity index (χ4v) is 0.677. The van der Waals surface area contributed by atoms with Gasteiger partial charge in [0.1, 0.15) is 0 Å². The van der Waals surface area contributed by atoms with Gasteiger partial charge in [-0.2, -0.15) is 0 Å². The van der Waals surface area contributed by atoms with Crippen LogP contribution in [0.1, 0.15) is 40.4 Å². The van der Waals surface area contributed by atoms with Gasteiger partial charge in [-0.1, -0.05) is 32.2 Å². The van der Waals surface area contributed by atoms with Gasteiger partial charge in [0, 0.05) is 0 Å². The topological polar surface area (TPSA) is 0 Å². The lowest BCUT2D eigenvalue weighted by Crippen LogP contribution is -1.71. The first-order valence-corrected chi connectivity index (χ1v) is 3.41. The largest absolute Gasteiger partial charge is 0.103 e. The summed E-state index contributed by atoms with van der Waals surface area (Å²) in [6.45, 7) is 5.71. The van der Waals surface area contributed by atoms with Crippen molar-refractivity contribution >= 4 is 0 Å². The minimum atomic E-state index is 0.575. The standard InChI is InChI=1S/C8H16/c1-3-5-7-8-6-4-2/h3H,1,4-8H2,2H3/i3D. The molecule has 0 aromatic carbocycles. The molecule has 48 valence electrons. The van der Waals surface area contributed by atoms with Gasteiger partial charge in [0.05, 0.1) is 1.37 Å². The van der Waals surface area contributed by atoms with Crippen molar-refractivity contribution in [3.05, 3.63) is 12.6 Å². The van der Waals surface area contributed by atoms with Gasteiger partial charge in [-0.15, -0.1) is 6.58 Å². The van der Waals surface area contributed by atoms with Gasteiger partial charge >= 0.3 is 0 Å². The Labute approximate surface area is 54.0 Å². The molecule has 0 N–H and O–H groups in total. The van der Waals surface area contributed by atoms with Gasteiger partial charge in [-0.05, 0) is 12.8 Å². The van der Waals surface area contributed by atoms with E-state index in [0.717, 1.165) is 12.8 Å². The van der Waals surface area contributed by atoms with E-state index in [-0.39, 0.29) is 0 Å². The maximum Gasteiger partial charge on any atom is 0.0570 e. The van der Waals surface area contributed by atoms with Crippen molar-refractivity contribution in [3.8, 4) is 0 Å². The summed E-state index contributed by atoms with van der Waals surface area (Å²) in [7, 11) is 0. The number of allylic oxidation sites excluding steroid dienone is 1. The first kappa shape index (κ1) is 5.87. The van der Waals surface area contributed by atoms with Crippen LogP contribution in [-0.2, 0) is 0 Å². The first-order chi connectivity index (χ1) is 4.27. The zero-order chi connectivity index (χ0) is 7.11. The van der Waals surface area contributed by atoms with Crippen LogP contribution in [0, 0.1) is 0 Å². The average Bonchev–Trinajstić information content (AvgIpc) is 1.80. The molecule has 0 saturated carbocycles. The minimum Gasteiger partial charge on any atom is -0.103 e. The Kier molecular flexibility index (Phi) is 4.94. The SMILES string of the molecule is [2H]C(=C)CCCCCC. The van der Waals surface area contributed by atoms with Crippen LogP contribution in [0.3, 0.4) is 0 Å². The van der Waals surface area contributed by atoms with Crippen LogP contribution in [0.25, 0.3) is 0 Å². The average molecular weight is 113 g/mol. The first-order valence-electron chi connectivity index (χ1n) is 3.91. The maximum absolute atomic E-state index is 7.02. The van der Waals surface area contributed by atoms with Gasteiger partial charge in [0.2, 0.25) is 0 Å². The molecule has 0 amide bonds. The van der Waals surface area contributed by atoms with Crippen LogP contribution in [-0.4, -0.2) is 0 Å². The van der Waals surface area contributed by atoms with Gasteiger partial charge in [-0.25, -0.2) is 0 Å². The van der Waals surface area contributed by atoms with Crippen LogP contribution in [0.2, 0.25) is 0 Å². The highest BCUT2D eigenvalue weighted by molar-refractivity contribution is 4.64. The molecule has 0 nitrogen and oxygen atoms in total. The van der Waals surface area contributed by atoms with Crippen molar-refractivity contribution in [3.63, 3.8) is 0 Å². The summed E-state index contributed by atoms with van der Waals surface area (Å²) in [6, 6.07) is 0.575. The molecular weight excluding hydrogens is 96.1 g/mol. The predicted octanol–water partition coefficient (Wildman–Crippen LogP) is 3.14. The molecular formula is C8H16. The van der Waals surface area contributed by atoms with Crippen molar-refractivity contribution in [1.82, 2.24) is 0 Å². The third-order valence-electron chi connectivity index (χ3n) is 1.21. The van der Waals surface area contributed by atoms with Crippen LogP contribution < -0.4 is 0 Å². The third kappa shape index (κ3) is 5.74. The Balaban J connectivity index is 2.83. The molecule has 0 heterocycles. The summed E-state index contributed by atoms with van der Waals surface area (Å²) in [5, 5.41) is 0. The van der Waals surface area contributed by atoms with Gasteiger partial charge in [0.25, 0.3) is 0 Å². The van der Waals surface area contributed by atoms with Crippen LogP contribution in [0.5, 0.6) is 0 Å². The smallest absolute Gasteiger partial charge is 0.0570 e. The Morgan fingerprint density at radius 3 is 2.75 bits per heavy atom. The molecule has 0 unspecified atom stereocenters. The van der Waals surface area contributed by atoms with E-state index in [1.165, 1.54) is 19.3 Å². The molecule has 0 aliphatic carbocycles. The lowest BCUT2D eigenvalue weighted by molar-refractivity contribution is 0.675. The molecule has 0 aromatic heterocycles. The summed E-state index contributed by atoms with van der Waals surface area (Å²) in [5.41, 5.74) is 0. The molecule has 0 bridgehead atoms. The van der Waals surface area contributed by atoms with E-state index < -0.39 is 0 Å². The molecule has 0 heteroatoms. The molecule has 0 aliphatic heterocycles. The third-order valence-corrected chi connectivity index (χ3v) is 1.21. The van der Waals surface area contributed by atoms with Gasteiger partial charge in [0.15, 0.2) is 0 Å². The van der Waals surface area contributed by atoms with E-state index in [1.807, 2.05) is 0 Å². The molecule has 0 rings (SSSR count). The fraction of sp³-hybridized carbons (Fsp3) is 0.750. The van der Waals surface area contributed by atoms with Crippen molar-refractivity contribution in [2.24, 2.45) is 0 Å². The molecule has 0 spiro atoms. The fourth-order valence-electron chi connectivity index (χ4n) is 0.677. The normalized spacial score (nSPS) is 10.9. The second-order valence-corrected chi connectivity index (χ2v) is 2.06. The molecule has 8 heavy (non-hydrogen) atoms. The van der Waals surface area contributed by atoms with E-state index in [4.69, 9.17) is 1.37 Å². The van der Waals surface area contributed by atoms with Crippen LogP contribution in [0.4, 0.5) is 0 Å². The zero-order valence-electron chi connectivity index (χ0n) is 6.74. The van der Waals surface area contributed by atoms with Gasteiger partial charge < -0.3 is 0 Å². The Morgan fingerprint density at radius 1 is 1.50 bits per heavy atom. The minimum absolute atomic E-state index is 0.575. The van der Waals surface area contributed by atoms with Crippen LogP contribution >= 0.6 is 0 Å². The number of unbranched alkanes of at least 4 members (excludes halogenated alkanes) is 3. The Hall–Kier alpha value is -0.260. The van der Waals surface area contributed by atoms with Crippen molar-refractivity contribution < 1.29 is 1.37 Å². The van der Waals surface area contributed by atoms with Crippen LogP contribution in [0.15, 0.2) is 12.6 Å². The Morgan fingerprint density at radius 2 is 2.25 bits per heavy atom. The van der Waals surface area contributed by atoms with Gasteiger partial charge in [-0.3, -0.25) is 0 Å². The summed E-state index contributed by atoms with van der Waals surface area (Å²) in [6.07, 6.45) is 5.86. The number of hydrogen-bond donors (Lipinski definition) is 0. The van der Waals surface area contributed by atoms with Crippen molar-refractivity contribution in [2.45, 2.75) is 39.0 Å². The summed E-state index contributed by atoms with van der Waals surface area (Å²) in [5.74, 6) is 0.